The number of carbonyl (C=O) groups excluding carboxylic acids is 1. The molecule has 1 unspecified atom stereocenters. The Morgan fingerprint density at radius 3 is 3.36 bits per heavy atom. The molecule has 0 aromatic rings. The van der Waals surface area contributed by atoms with Crippen molar-refractivity contribution in [3.8, 4) is 0 Å². The predicted octanol–water partition coefficient (Wildman–Crippen LogP) is -0.835. The van der Waals surface area contributed by atoms with Crippen LogP contribution < -0.4 is 5.32 Å². The van der Waals surface area contributed by atoms with E-state index in [4.69, 9.17) is 4.74 Å². The second-order valence-electron chi connectivity index (χ2n) is 2.88. The molecule has 1 atom stereocenters. The number of amides is 1. The molecule has 0 saturated carbocycles. The Kier molecular flexibility index (Phi) is 1.79. The molecule has 0 bridgehead atoms. The minimum absolute atomic E-state index is 0.144. The van der Waals surface area contributed by atoms with Gasteiger partial charge < -0.3 is 9.64 Å². The molecular weight excluding hydrogens is 144 g/mol. The fourth-order valence-electron chi connectivity index (χ4n) is 1.56. The summed E-state index contributed by atoms with van der Waals surface area (Å²) >= 11 is 0. The summed E-state index contributed by atoms with van der Waals surface area (Å²) in [5.74, 6) is 0.261. The number of fused-ring (bicyclic) bond motifs is 1. The summed E-state index contributed by atoms with van der Waals surface area (Å²) in [5, 5.41) is 3.23. The van der Waals surface area contributed by atoms with Gasteiger partial charge in [-0.25, -0.2) is 0 Å². The van der Waals surface area contributed by atoms with Crippen LogP contribution in [-0.4, -0.2) is 43.3 Å². The summed E-state index contributed by atoms with van der Waals surface area (Å²) in [7, 11) is 0. The lowest BCUT2D eigenvalue weighted by molar-refractivity contribution is -0.144. The van der Waals surface area contributed by atoms with Gasteiger partial charge in [0, 0.05) is 19.5 Å². The first kappa shape index (κ1) is 7.06. The lowest BCUT2D eigenvalue weighted by Crippen LogP contribution is -2.59. The number of hydrogen-bond donors (Lipinski definition) is 1. The van der Waals surface area contributed by atoms with Crippen molar-refractivity contribution < 1.29 is 9.53 Å². The molecule has 2 saturated heterocycles. The van der Waals surface area contributed by atoms with Gasteiger partial charge in [-0.15, -0.1) is 0 Å². The van der Waals surface area contributed by atoms with Gasteiger partial charge in [0.25, 0.3) is 0 Å². The highest BCUT2D eigenvalue weighted by Gasteiger charge is 2.29. The van der Waals surface area contributed by atoms with Crippen LogP contribution in [0.25, 0.3) is 0 Å². The van der Waals surface area contributed by atoms with Crippen LogP contribution in [0.15, 0.2) is 0 Å². The molecule has 11 heavy (non-hydrogen) atoms. The minimum atomic E-state index is 0.144. The van der Waals surface area contributed by atoms with E-state index < -0.39 is 0 Å². The lowest BCUT2D eigenvalue weighted by Gasteiger charge is -2.39. The van der Waals surface area contributed by atoms with E-state index in [1.165, 1.54) is 0 Å². The largest absolute Gasteiger partial charge is 0.376 e. The second kappa shape index (κ2) is 2.79. The van der Waals surface area contributed by atoms with Crippen molar-refractivity contribution in [2.45, 2.75) is 12.6 Å². The van der Waals surface area contributed by atoms with Gasteiger partial charge in [0.05, 0.1) is 13.2 Å². The highest BCUT2D eigenvalue weighted by Crippen LogP contribution is 2.09. The van der Waals surface area contributed by atoms with Crippen molar-refractivity contribution in [2.75, 3.05) is 26.3 Å². The lowest BCUT2D eigenvalue weighted by atomic mass is 10.2. The maximum absolute atomic E-state index is 11.3. The molecule has 2 fully saturated rings. The van der Waals surface area contributed by atoms with Crippen molar-refractivity contribution >= 4 is 5.91 Å². The third-order valence-corrected chi connectivity index (χ3v) is 2.17. The van der Waals surface area contributed by atoms with Crippen molar-refractivity contribution in [1.29, 1.82) is 0 Å². The number of nitrogens with zero attached hydrogens (tertiary/aromatic N) is 1. The molecule has 1 amide bonds. The molecule has 1 N–H and O–H groups in total. The number of carbonyl (C=O) groups is 1. The van der Waals surface area contributed by atoms with Crippen LogP contribution >= 0.6 is 0 Å². The molecular formula is C7H12N2O2. The molecule has 0 spiro atoms. The summed E-state index contributed by atoms with van der Waals surface area (Å²) < 4.78 is 5.23. The average molecular weight is 156 g/mol. The smallest absolute Gasteiger partial charge is 0.225 e. The second-order valence-corrected chi connectivity index (χ2v) is 2.88. The molecule has 0 aliphatic carbocycles. The van der Waals surface area contributed by atoms with E-state index in [0.29, 0.717) is 19.6 Å². The first-order chi connectivity index (χ1) is 5.38. The Morgan fingerprint density at radius 1 is 1.64 bits per heavy atom. The van der Waals surface area contributed by atoms with Crippen LogP contribution in [0, 0.1) is 0 Å². The summed E-state index contributed by atoms with van der Waals surface area (Å²) in [4.78, 5) is 13.1. The fraction of sp³-hybridized carbons (Fsp3) is 0.857. The minimum Gasteiger partial charge on any atom is -0.376 e. The molecule has 0 aromatic carbocycles. The Labute approximate surface area is 65.5 Å². The van der Waals surface area contributed by atoms with Crippen molar-refractivity contribution in [3.63, 3.8) is 0 Å². The zero-order valence-electron chi connectivity index (χ0n) is 6.38. The van der Waals surface area contributed by atoms with E-state index >= 15 is 0 Å². The van der Waals surface area contributed by atoms with Gasteiger partial charge in [-0.2, -0.15) is 0 Å². The third-order valence-electron chi connectivity index (χ3n) is 2.17. The van der Waals surface area contributed by atoms with Gasteiger partial charge >= 0.3 is 0 Å². The fourth-order valence-corrected chi connectivity index (χ4v) is 1.56. The first-order valence-corrected chi connectivity index (χ1v) is 3.98. The van der Waals surface area contributed by atoms with Gasteiger partial charge in [-0.3, -0.25) is 10.1 Å². The van der Waals surface area contributed by atoms with Crippen molar-refractivity contribution in [3.05, 3.63) is 0 Å². The van der Waals surface area contributed by atoms with Gasteiger partial charge in [0.15, 0.2) is 0 Å². The molecule has 0 radical (unpaired) electrons. The summed E-state index contributed by atoms with van der Waals surface area (Å²) in [6.07, 6.45) is 0.779. The van der Waals surface area contributed by atoms with Crippen LogP contribution in [0.3, 0.4) is 0 Å². The van der Waals surface area contributed by atoms with Gasteiger partial charge in [-0.1, -0.05) is 0 Å². The van der Waals surface area contributed by atoms with Crippen LogP contribution in [0.5, 0.6) is 0 Å². The molecule has 4 nitrogen and oxygen atoms in total. The summed E-state index contributed by atoms with van der Waals surface area (Å²) in [5.41, 5.74) is 0. The molecule has 62 valence electrons. The van der Waals surface area contributed by atoms with Gasteiger partial charge in [0.1, 0.15) is 6.17 Å². The van der Waals surface area contributed by atoms with Crippen LogP contribution in [0.1, 0.15) is 6.42 Å². The van der Waals surface area contributed by atoms with Crippen molar-refractivity contribution in [1.82, 2.24) is 10.2 Å². The van der Waals surface area contributed by atoms with Gasteiger partial charge in [0.2, 0.25) is 5.91 Å². The van der Waals surface area contributed by atoms with Gasteiger partial charge in [-0.05, 0) is 0 Å². The van der Waals surface area contributed by atoms with Crippen LogP contribution in [-0.2, 0) is 9.53 Å². The van der Waals surface area contributed by atoms with E-state index in [0.717, 1.165) is 13.1 Å². The number of nitrogens with one attached hydrogen (secondary N) is 1. The Balaban J connectivity index is 2.05. The molecule has 0 aromatic heterocycles. The van der Waals surface area contributed by atoms with E-state index in [-0.39, 0.29) is 12.1 Å². The highest BCUT2D eigenvalue weighted by molar-refractivity contribution is 5.77. The summed E-state index contributed by atoms with van der Waals surface area (Å²) in [6, 6.07) is 0. The van der Waals surface area contributed by atoms with E-state index in [9.17, 15) is 4.79 Å². The zero-order chi connectivity index (χ0) is 7.68. The molecule has 2 rings (SSSR count). The van der Waals surface area contributed by atoms with Crippen molar-refractivity contribution in [2.24, 2.45) is 0 Å². The Hall–Kier alpha value is -0.610. The van der Waals surface area contributed by atoms with E-state index in [2.05, 4.69) is 5.32 Å². The van der Waals surface area contributed by atoms with E-state index in [1.54, 1.807) is 0 Å². The molecule has 2 heterocycles. The maximum atomic E-state index is 11.3. The number of rotatable bonds is 0. The number of morpholine rings is 1. The average Bonchev–Trinajstić information content (AvgIpc) is 2.06. The monoisotopic (exact) mass is 156 g/mol. The van der Waals surface area contributed by atoms with Crippen LogP contribution in [0.4, 0.5) is 0 Å². The molecule has 2 aliphatic rings. The number of ether oxygens (including phenoxy) is 1. The van der Waals surface area contributed by atoms with Crippen LogP contribution in [0.2, 0.25) is 0 Å². The Bertz CT molecular complexity index is 170. The normalized spacial score (nSPS) is 31.8. The third kappa shape index (κ3) is 1.23. The Morgan fingerprint density at radius 2 is 2.55 bits per heavy atom. The first-order valence-electron chi connectivity index (χ1n) is 3.98. The highest BCUT2D eigenvalue weighted by atomic mass is 16.5. The topological polar surface area (TPSA) is 41.6 Å². The zero-order valence-corrected chi connectivity index (χ0v) is 6.38. The number of hydrogen-bond acceptors (Lipinski definition) is 3. The SMILES string of the molecule is O=C1CCNC2COCCN12. The molecule has 4 heteroatoms. The quantitative estimate of drug-likeness (QED) is 0.497. The predicted molar refractivity (Wildman–Crippen MR) is 38.9 cm³/mol. The van der Waals surface area contributed by atoms with E-state index in [1.807, 2.05) is 4.90 Å². The standard InChI is InChI=1S/C7H12N2O2/c10-7-1-2-8-6-5-11-4-3-9(6)7/h6,8H,1-5H2. The summed E-state index contributed by atoms with van der Waals surface area (Å²) in [6.45, 7) is 2.87. The molecule has 2 aliphatic heterocycles. The maximum Gasteiger partial charge on any atom is 0.225 e.